The molecule has 1 aliphatic heterocycles. The molecule has 0 bridgehead atoms. The van der Waals surface area contributed by atoms with Gasteiger partial charge in [0.1, 0.15) is 5.69 Å². The molecule has 7 nitrogen and oxygen atoms in total. The van der Waals surface area contributed by atoms with Crippen LogP contribution in [0, 0.1) is 0 Å². The first kappa shape index (κ1) is 12.8. The number of imidazole rings is 1. The fraction of sp³-hybridized carbons (Fsp3) is 0.636. The summed E-state index contributed by atoms with van der Waals surface area (Å²) >= 11 is 0. The van der Waals surface area contributed by atoms with E-state index in [9.17, 15) is 9.59 Å². The minimum absolute atomic E-state index is 0.218. The lowest BCUT2D eigenvalue weighted by Crippen LogP contribution is -2.37. The molecular weight excluding hydrogens is 238 g/mol. The predicted octanol–water partition coefficient (Wildman–Crippen LogP) is -0.636. The Bertz CT molecular complexity index is 459. The lowest BCUT2D eigenvalue weighted by Gasteiger charge is -2.26. The summed E-state index contributed by atoms with van der Waals surface area (Å²) in [6, 6.07) is 0. The SMILES string of the molecule is COC(=O)c1[nH]c(=O)[nH]c1CCN1CCOCC1. The highest BCUT2D eigenvalue weighted by Crippen LogP contribution is 2.05. The van der Waals surface area contributed by atoms with E-state index >= 15 is 0 Å². The van der Waals surface area contributed by atoms with Gasteiger partial charge < -0.3 is 14.5 Å². The summed E-state index contributed by atoms with van der Waals surface area (Å²) in [6.07, 6.45) is 0.600. The fourth-order valence-electron chi connectivity index (χ4n) is 1.98. The second-order valence-corrected chi connectivity index (χ2v) is 4.13. The van der Waals surface area contributed by atoms with Gasteiger partial charge in [0.2, 0.25) is 0 Å². The molecule has 0 radical (unpaired) electrons. The maximum Gasteiger partial charge on any atom is 0.356 e. The molecule has 0 unspecified atom stereocenters. The molecule has 0 amide bonds. The number of esters is 1. The van der Waals surface area contributed by atoms with Crippen LogP contribution in [-0.4, -0.2) is 60.8 Å². The first-order valence-corrected chi connectivity index (χ1v) is 5.90. The zero-order chi connectivity index (χ0) is 13.0. The number of nitrogens with zero attached hydrogens (tertiary/aromatic N) is 1. The summed E-state index contributed by atoms with van der Waals surface area (Å²) in [4.78, 5) is 30.0. The molecule has 2 heterocycles. The molecule has 0 aromatic carbocycles. The second-order valence-electron chi connectivity index (χ2n) is 4.13. The van der Waals surface area contributed by atoms with E-state index in [1.165, 1.54) is 7.11 Å². The standard InChI is InChI=1S/C11H17N3O4/c1-17-10(15)9-8(12-11(16)13-9)2-3-14-4-6-18-7-5-14/h2-7H2,1H3,(H2,12,13,16). The number of hydrogen-bond acceptors (Lipinski definition) is 5. The average molecular weight is 255 g/mol. The quantitative estimate of drug-likeness (QED) is 0.699. The van der Waals surface area contributed by atoms with E-state index in [0.29, 0.717) is 12.1 Å². The summed E-state index contributed by atoms with van der Waals surface area (Å²) in [6.45, 7) is 3.99. The Labute approximate surface area is 104 Å². The molecular formula is C11H17N3O4. The van der Waals surface area contributed by atoms with Crippen LogP contribution in [0.4, 0.5) is 0 Å². The summed E-state index contributed by atoms with van der Waals surface area (Å²) in [5.74, 6) is -0.523. The van der Waals surface area contributed by atoms with Gasteiger partial charge in [-0.2, -0.15) is 0 Å². The van der Waals surface area contributed by atoms with E-state index in [1.54, 1.807) is 0 Å². The monoisotopic (exact) mass is 255 g/mol. The van der Waals surface area contributed by atoms with Crippen LogP contribution in [0.1, 0.15) is 16.2 Å². The normalized spacial score (nSPS) is 16.7. The van der Waals surface area contributed by atoms with Gasteiger partial charge in [-0.25, -0.2) is 9.59 Å². The minimum Gasteiger partial charge on any atom is -0.464 e. The molecule has 1 fully saturated rings. The number of ether oxygens (including phenoxy) is 2. The van der Waals surface area contributed by atoms with Crippen molar-refractivity contribution in [1.29, 1.82) is 0 Å². The van der Waals surface area contributed by atoms with Gasteiger partial charge in [-0.05, 0) is 0 Å². The number of hydrogen-bond donors (Lipinski definition) is 2. The Morgan fingerprint density at radius 2 is 2.11 bits per heavy atom. The van der Waals surface area contributed by atoms with Gasteiger partial charge in [0.15, 0.2) is 0 Å². The van der Waals surface area contributed by atoms with E-state index < -0.39 is 5.97 Å². The summed E-state index contributed by atoms with van der Waals surface area (Å²) in [5, 5.41) is 0. The fourth-order valence-corrected chi connectivity index (χ4v) is 1.98. The van der Waals surface area contributed by atoms with Crippen molar-refractivity contribution in [2.75, 3.05) is 40.0 Å². The van der Waals surface area contributed by atoms with Crippen molar-refractivity contribution in [1.82, 2.24) is 14.9 Å². The number of methoxy groups -OCH3 is 1. The second kappa shape index (κ2) is 5.83. The first-order valence-electron chi connectivity index (χ1n) is 5.90. The molecule has 100 valence electrons. The maximum atomic E-state index is 11.5. The molecule has 0 atom stereocenters. The van der Waals surface area contributed by atoms with Gasteiger partial charge in [0, 0.05) is 26.1 Å². The molecule has 1 aromatic heterocycles. The number of aromatic nitrogens is 2. The van der Waals surface area contributed by atoms with Crippen LogP contribution in [0.3, 0.4) is 0 Å². The molecule has 0 saturated carbocycles. The van der Waals surface area contributed by atoms with Crippen LogP contribution < -0.4 is 5.69 Å². The molecule has 0 aliphatic carbocycles. The third kappa shape index (κ3) is 2.99. The Balaban J connectivity index is 1.99. The summed E-state index contributed by atoms with van der Waals surface area (Å²) in [7, 11) is 1.29. The molecule has 2 rings (SSSR count). The van der Waals surface area contributed by atoms with Crippen molar-refractivity contribution in [3.8, 4) is 0 Å². The summed E-state index contributed by atoms with van der Waals surface area (Å²) < 4.78 is 9.87. The van der Waals surface area contributed by atoms with Crippen LogP contribution in [0.15, 0.2) is 4.79 Å². The van der Waals surface area contributed by atoms with Crippen molar-refractivity contribution in [3.05, 3.63) is 21.9 Å². The molecule has 1 saturated heterocycles. The molecule has 18 heavy (non-hydrogen) atoms. The highest BCUT2D eigenvalue weighted by Gasteiger charge is 2.17. The highest BCUT2D eigenvalue weighted by molar-refractivity contribution is 5.88. The van der Waals surface area contributed by atoms with Crippen LogP contribution in [0.2, 0.25) is 0 Å². The van der Waals surface area contributed by atoms with Gasteiger partial charge in [0.25, 0.3) is 0 Å². The van der Waals surface area contributed by atoms with Crippen LogP contribution in [0.5, 0.6) is 0 Å². The van der Waals surface area contributed by atoms with Crippen LogP contribution in [0.25, 0.3) is 0 Å². The number of aromatic amines is 2. The largest absolute Gasteiger partial charge is 0.464 e. The Hall–Kier alpha value is -1.60. The number of rotatable bonds is 4. The predicted molar refractivity (Wildman–Crippen MR) is 63.7 cm³/mol. The van der Waals surface area contributed by atoms with Gasteiger partial charge in [-0.1, -0.05) is 0 Å². The van der Waals surface area contributed by atoms with E-state index in [1.807, 2.05) is 0 Å². The minimum atomic E-state index is -0.523. The van der Waals surface area contributed by atoms with Crippen molar-refractivity contribution in [2.24, 2.45) is 0 Å². The molecule has 1 aromatic rings. The molecule has 1 aliphatic rings. The van der Waals surface area contributed by atoms with E-state index in [0.717, 1.165) is 32.8 Å². The van der Waals surface area contributed by atoms with E-state index in [2.05, 4.69) is 19.6 Å². The van der Waals surface area contributed by atoms with Crippen molar-refractivity contribution in [3.63, 3.8) is 0 Å². The zero-order valence-electron chi connectivity index (χ0n) is 10.3. The molecule has 2 N–H and O–H groups in total. The summed E-state index contributed by atoms with van der Waals surface area (Å²) in [5.41, 5.74) is 0.432. The Morgan fingerprint density at radius 3 is 2.78 bits per heavy atom. The Morgan fingerprint density at radius 1 is 1.39 bits per heavy atom. The number of morpholine rings is 1. The number of carbonyl (C=O) groups is 1. The topological polar surface area (TPSA) is 87.4 Å². The maximum absolute atomic E-state index is 11.5. The average Bonchev–Trinajstić information content (AvgIpc) is 2.78. The van der Waals surface area contributed by atoms with Crippen molar-refractivity contribution < 1.29 is 14.3 Å². The molecule has 7 heteroatoms. The third-order valence-electron chi connectivity index (χ3n) is 2.98. The number of H-pyrrole nitrogens is 2. The molecule has 0 spiro atoms. The van der Waals surface area contributed by atoms with Crippen molar-refractivity contribution >= 4 is 5.97 Å². The van der Waals surface area contributed by atoms with Crippen LogP contribution in [-0.2, 0) is 15.9 Å². The zero-order valence-corrected chi connectivity index (χ0v) is 10.3. The van der Waals surface area contributed by atoms with E-state index in [4.69, 9.17) is 4.74 Å². The van der Waals surface area contributed by atoms with E-state index in [-0.39, 0.29) is 11.4 Å². The van der Waals surface area contributed by atoms with Gasteiger partial charge in [-0.3, -0.25) is 9.88 Å². The lowest BCUT2D eigenvalue weighted by molar-refractivity contribution is 0.0382. The number of nitrogens with one attached hydrogen (secondary N) is 2. The third-order valence-corrected chi connectivity index (χ3v) is 2.98. The first-order chi connectivity index (χ1) is 8.70. The van der Waals surface area contributed by atoms with Crippen LogP contribution >= 0.6 is 0 Å². The Kier molecular flexibility index (Phi) is 4.16. The number of carbonyl (C=O) groups excluding carboxylic acids is 1. The van der Waals surface area contributed by atoms with Gasteiger partial charge >= 0.3 is 11.7 Å². The highest BCUT2D eigenvalue weighted by atomic mass is 16.5. The van der Waals surface area contributed by atoms with Gasteiger partial charge in [-0.15, -0.1) is 0 Å². The van der Waals surface area contributed by atoms with Crippen molar-refractivity contribution in [2.45, 2.75) is 6.42 Å². The smallest absolute Gasteiger partial charge is 0.356 e. The lowest BCUT2D eigenvalue weighted by atomic mass is 10.2. The van der Waals surface area contributed by atoms with Gasteiger partial charge in [0.05, 0.1) is 26.0 Å².